The van der Waals surface area contributed by atoms with Gasteiger partial charge in [-0.25, -0.2) is 0 Å². The zero-order valence-corrected chi connectivity index (χ0v) is 9.51. The summed E-state index contributed by atoms with van der Waals surface area (Å²) in [5, 5.41) is 9.59. The minimum atomic E-state index is 0.194. The maximum Gasteiger partial charge on any atom is 0.124 e. The number of nitrogens with one attached hydrogen (secondary N) is 2. The Morgan fingerprint density at radius 2 is 1.81 bits per heavy atom. The first-order chi connectivity index (χ1) is 7.68. The van der Waals surface area contributed by atoms with E-state index in [1.165, 1.54) is 0 Å². The summed E-state index contributed by atoms with van der Waals surface area (Å²) in [5.74, 6) is 0.269. The number of phenols is 1. The van der Waals surface area contributed by atoms with Gasteiger partial charge >= 0.3 is 0 Å². The third-order valence-corrected chi connectivity index (χ3v) is 2.89. The summed E-state index contributed by atoms with van der Waals surface area (Å²) >= 11 is 0. The van der Waals surface area contributed by atoms with Gasteiger partial charge in [-0.05, 0) is 26.0 Å². The molecule has 0 spiro atoms. The second-order valence-corrected chi connectivity index (χ2v) is 4.19. The molecular formula is C12H17N3O. The summed E-state index contributed by atoms with van der Waals surface area (Å²) in [7, 11) is 0. The highest BCUT2D eigenvalue weighted by Crippen LogP contribution is 2.15. The van der Waals surface area contributed by atoms with Crippen LogP contribution < -0.4 is 10.9 Å². The van der Waals surface area contributed by atoms with Crippen molar-refractivity contribution < 1.29 is 5.11 Å². The lowest BCUT2D eigenvalue weighted by Crippen LogP contribution is -2.30. The normalized spacial score (nSPS) is 30.0. The second-order valence-electron chi connectivity index (χ2n) is 4.19. The largest absolute Gasteiger partial charge is 0.507 e. The fourth-order valence-electron chi connectivity index (χ4n) is 1.89. The van der Waals surface area contributed by atoms with E-state index in [9.17, 15) is 5.11 Å². The highest BCUT2D eigenvalue weighted by Gasteiger charge is 2.28. The van der Waals surface area contributed by atoms with Crippen LogP contribution in [0.15, 0.2) is 29.3 Å². The molecule has 2 rings (SSSR count). The van der Waals surface area contributed by atoms with Crippen LogP contribution in [0.5, 0.6) is 5.75 Å². The van der Waals surface area contributed by atoms with Crippen LogP contribution in [0.1, 0.15) is 19.4 Å². The molecule has 1 saturated heterocycles. The van der Waals surface area contributed by atoms with Crippen molar-refractivity contribution in [1.29, 1.82) is 0 Å². The van der Waals surface area contributed by atoms with Crippen molar-refractivity contribution in [2.45, 2.75) is 32.0 Å². The summed E-state index contributed by atoms with van der Waals surface area (Å²) in [6.45, 7) is 4.17. The quantitative estimate of drug-likeness (QED) is 0.652. The molecule has 1 fully saturated rings. The van der Waals surface area contributed by atoms with Gasteiger partial charge in [0.1, 0.15) is 5.75 Å². The van der Waals surface area contributed by atoms with Crippen molar-refractivity contribution >= 4 is 6.21 Å². The predicted octanol–water partition coefficient (Wildman–Crippen LogP) is 1.06. The molecule has 4 heteroatoms. The smallest absolute Gasteiger partial charge is 0.124 e. The summed E-state index contributed by atoms with van der Waals surface area (Å²) in [4.78, 5) is 4.51. The maximum absolute atomic E-state index is 9.59. The summed E-state index contributed by atoms with van der Waals surface area (Å²) < 4.78 is 0. The Hall–Kier alpha value is -1.39. The Labute approximate surface area is 95.4 Å². The first-order valence-corrected chi connectivity index (χ1v) is 5.50. The summed E-state index contributed by atoms with van der Waals surface area (Å²) in [6, 6.07) is 8.01. The van der Waals surface area contributed by atoms with E-state index in [-0.39, 0.29) is 11.8 Å². The number of phenolic OH excluding ortho intramolecular Hbond substituents is 1. The maximum atomic E-state index is 9.59. The molecule has 2 atom stereocenters. The van der Waals surface area contributed by atoms with Crippen LogP contribution in [-0.4, -0.2) is 29.4 Å². The van der Waals surface area contributed by atoms with E-state index in [4.69, 9.17) is 0 Å². The lowest BCUT2D eigenvalue weighted by Gasteiger charge is -2.12. The lowest BCUT2D eigenvalue weighted by atomic mass is 10.1. The van der Waals surface area contributed by atoms with Gasteiger partial charge in [-0.15, -0.1) is 0 Å². The zero-order valence-electron chi connectivity index (χ0n) is 9.51. The number of benzene rings is 1. The molecule has 1 aliphatic heterocycles. The number of hydrogen-bond donors (Lipinski definition) is 3. The molecule has 4 nitrogen and oxygen atoms in total. The van der Waals surface area contributed by atoms with Crippen LogP contribution >= 0.6 is 0 Å². The first-order valence-electron chi connectivity index (χ1n) is 5.50. The molecule has 3 N–H and O–H groups in total. The number of aliphatic imine (C=N–C) groups is 1. The van der Waals surface area contributed by atoms with Crippen LogP contribution in [0.3, 0.4) is 0 Å². The molecule has 16 heavy (non-hydrogen) atoms. The van der Waals surface area contributed by atoms with Gasteiger partial charge in [-0.1, -0.05) is 12.1 Å². The summed E-state index contributed by atoms with van der Waals surface area (Å²) in [5.41, 5.74) is 7.05. The molecule has 0 aliphatic carbocycles. The first kappa shape index (κ1) is 11.1. The van der Waals surface area contributed by atoms with E-state index in [1.807, 2.05) is 12.1 Å². The molecule has 1 aromatic rings. The van der Waals surface area contributed by atoms with Crippen LogP contribution in [-0.2, 0) is 0 Å². The van der Waals surface area contributed by atoms with Gasteiger partial charge in [0, 0.05) is 23.9 Å². The van der Waals surface area contributed by atoms with Crippen LogP contribution in [0.25, 0.3) is 0 Å². The van der Waals surface area contributed by atoms with Crippen LogP contribution in [0.4, 0.5) is 0 Å². The highest BCUT2D eigenvalue weighted by atomic mass is 16.3. The molecule has 0 saturated carbocycles. The predicted molar refractivity (Wildman–Crippen MR) is 64.7 cm³/mol. The van der Waals surface area contributed by atoms with E-state index in [2.05, 4.69) is 29.7 Å². The highest BCUT2D eigenvalue weighted by molar-refractivity contribution is 5.83. The molecule has 1 heterocycles. The minimum Gasteiger partial charge on any atom is -0.507 e. The van der Waals surface area contributed by atoms with E-state index < -0.39 is 0 Å². The van der Waals surface area contributed by atoms with Gasteiger partial charge in [0.05, 0.1) is 6.04 Å². The average Bonchev–Trinajstić information content (AvgIpc) is 2.58. The molecule has 2 unspecified atom stereocenters. The van der Waals surface area contributed by atoms with Crippen molar-refractivity contribution in [3.05, 3.63) is 29.8 Å². The Kier molecular flexibility index (Phi) is 3.22. The topological polar surface area (TPSA) is 56.7 Å². The van der Waals surface area contributed by atoms with Crippen molar-refractivity contribution in [2.24, 2.45) is 4.99 Å². The van der Waals surface area contributed by atoms with E-state index in [0.29, 0.717) is 12.1 Å². The molecule has 1 aromatic carbocycles. The standard InChI is InChI=1S/C12H17N3O/c1-8-12(9(2)15-14-8)13-7-10-5-3-4-6-11(10)16/h3-9,12,14-16H,1-2H3. The van der Waals surface area contributed by atoms with Crippen LogP contribution in [0, 0.1) is 0 Å². The third kappa shape index (κ3) is 2.23. The monoisotopic (exact) mass is 219 g/mol. The number of hydrazine groups is 1. The Morgan fingerprint density at radius 3 is 2.44 bits per heavy atom. The Bertz CT molecular complexity index is 382. The van der Waals surface area contributed by atoms with Crippen molar-refractivity contribution in [3.63, 3.8) is 0 Å². The molecule has 0 aromatic heterocycles. The molecule has 0 radical (unpaired) electrons. The number of rotatable bonds is 2. The Morgan fingerprint density at radius 1 is 1.19 bits per heavy atom. The molecule has 0 amide bonds. The fraction of sp³-hybridized carbons (Fsp3) is 0.417. The molecular weight excluding hydrogens is 202 g/mol. The minimum absolute atomic E-state index is 0.194. The van der Waals surface area contributed by atoms with Crippen LogP contribution in [0.2, 0.25) is 0 Å². The summed E-state index contributed by atoms with van der Waals surface area (Å²) in [6.07, 6.45) is 1.74. The molecule has 1 aliphatic rings. The number of para-hydroxylation sites is 1. The number of aromatic hydroxyl groups is 1. The van der Waals surface area contributed by atoms with Gasteiger partial charge in [-0.3, -0.25) is 15.8 Å². The lowest BCUT2D eigenvalue weighted by molar-refractivity contribution is 0.474. The third-order valence-electron chi connectivity index (χ3n) is 2.89. The Balaban J connectivity index is 2.12. The van der Waals surface area contributed by atoms with Gasteiger partial charge in [0.25, 0.3) is 0 Å². The number of hydrogen-bond acceptors (Lipinski definition) is 4. The second kappa shape index (κ2) is 4.63. The van der Waals surface area contributed by atoms with E-state index in [1.54, 1.807) is 18.3 Å². The van der Waals surface area contributed by atoms with Gasteiger partial charge < -0.3 is 5.11 Å². The van der Waals surface area contributed by atoms with Crippen molar-refractivity contribution in [1.82, 2.24) is 10.9 Å². The van der Waals surface area contributed by atoms with Gasteiger partial charge in [0.2, 0.25) is 0 Å². The van der Waals surface area contributed by atoms with E-state index >= 15 is 0 Å². The SMILES string of the molecule is CC1NNC(C)C1N=Cc1ccccc1O. The van der Waals surface area contributed by atoms with Crippen molar-refractivity contribution in [3.8, 4) is 5.75 Å². The molecule has 86 valence electrons. The van der Waals surface area contributed by atoms with Gasteiger partial charge in [0.15, 0.2) is 0 Å². The average molecular weight is 219 g/mol. The van der Waals surface area contributed by atoms with Gasteiger partial charge in [-0.2, -0.15) is 0 Å². The number of nitrogens with zero attached hydrogens (tertiary/aromatic N) is 1. The molecule has 0 bridgehead atoms. The zero-order chi connectivity index (χ0) is 11.5. The van der Waals surface area contributed by atoms with Crippen molar-refractivity contribution in [2.75, 3.05) is 0 Å². The fourth-order valence-corrected chi connectivity index (χ4v) is 1.89. The van der Waals surface area contributed by atoms with E-state index in [0.717, 1.165) is 5.56 Å².